The van der Waals surface area contributed by atoms with Crippen LogP contribution in [0.5, 0.6) is 0 Å². The SMILES string of the molecule is CC(C)(N)C(=O)NC(COCc1ccccc1)C(=O)Nc1cn(C(C(=O)N2CCOCC2)c2ccccc2)cn1. The molecule has 1 aliphatic heterocycles. The van der Waals surface area contributed by atoms with Gasteiger partial charge in [-0.05, 0) is 25.0 Å². The number of morpholine rings is 1. The van der Waals surface area contributed by atoms with E-state index in [-0.39, 0.29) is 24.9 Å². The van der Waals surface area contributed by atoms with E-state index >= 15 is 0 Å². The molecule has 0 aliphatic carbocycles. The fraction of sp³-hybridized carbons (Fsp3) is 0.379. The van der Waals surface area contributed by atoms with Gasteiger partial charge < -0.3 is 35.3 Å². The Kier molecular flexibility index (Phi) is 9.65. The summed E-state index contributed by atoms with van der Waals surface area (Å²) in [6.07, 6.45) is 3.11. The molecule has 11 nitrogen and oxygen atoms in total. The fourth-order valence-electron chi connectivity index (χ4n) is 4.19. The molecule has 2 aromatic carbocycles. The Hall–Kier alpha value is -4.06. The van der Waals surface area contributed by atoms with E-state index in [2.05, 4.69) is 15.6 Å². The van der Waals surface area contributed by atoms with Crippen LogP contribution in [0, 0.1) is 0 Å². The molecule has 4 rings (SSSR count). The summed E-state index contributed by atoms with van der Waals surface area (Å²) in [5.41, 5.74) is 6.47. The molecule has 11 heteroatoms. The molecule has 3 amide bonds. The van der Waals surface area contributed by atoms with Crippen molar-refractivity contribution in [3.63, 3.8) is 0 Å². The topological polar surface area (TPSA) is 141 Å². The Morgan fingerprint density at radius 1 is 1.05 bits per heavy atom. The highest BCUT2D eigenvalue weighted by Gasteiger charge is 2.31. The average molecular weight is 549 g/mol. The largest absolute Gasteiger partial charge is 0.378 e. The molecule has 4 N–H and O–H groups in total. The number of amides is 3. The molecule has 0 saturated carbocycles. The normalized spacial score (nSPS) is 15.2. The lowest BCUT2D eigenvalue weighted by atomic mass is 10.1. The van der Waals surface area contributed by atoms with Gasteiger partial charge in [-0.15, -0.1) is 0 Å². The van der Waals surface area contributed by atoms with Crippen LogP contribution >= 0.6 is 0 Å². The van der Waals surface area contributed by atoms with Crippen molar-refractivity contribution < 1.29 is 23.9 Å². The number of nitrogens with two attached hydrogens (primary N) is 1. The highest BCUT2D eigenvalue weighted by Crippen LogP contribution is 2.23. The Morgan fingerprint density at radius 2 is 1.70 bits per heavy atom. The molecule has 212 valence electrons. The first-order chi connectivity index (χ1) is 19.2. The smallest absolute Gasteiger partial charge is 0.250 e. The van der Waals surface area contributed by atoms with Gasteiger partial charge >= 0.3 is 0 Å². The number of carbonyl (C=O) groups is 3. The van der Waals surface area contributed by atoms with Gasteiger partial charge in [0.2, 0.25) is 11.8 Å². The second-order valence-corrected chi connectivity index (χ2v) is 10.2. The first-order valence-electron chi connectivity index (χ1n) is 13.2. The number of hydrogen-bond donors (Lipinski definition) is 3. The van der Waals surface area contributed by atoms with E-state index in [4.69, 9.17) is 15.2 Å². The Bertz CT molecular complexity index is 1270. The molecular formula is C29H36N6O5. The minimum Gasteiger partial charge on any atom is -0.378 e. The van der Waals surface area contributed by atoms with E-state index in [0.29, 0.717) is 26.3 Å². The number of aromatic nitrogens is 2. The van der Waals surface area contributed by atoms with Crippen molar-refractivity contribution in [2.45, 2.75) is 38.1 Å². The number of carbonyl (C=O) groups excluding carboxylic acids is 3. The number of nitrogens with zero attached hydrogens (tertiary/aromatic N) is 3. The molecule has 1 aliphatic rings. The van der Waals surface area contributed by atoms with E-state index in [1.807, 2.05) is 60.7 Å². The third kappa shape index (κ3) is 7.75. The molecule has 0 radical (unpaired) electrons. The summed E-state index contributed by atoms with van der Waals surface area (Å²) >= 11 is 0. The van der Waals surface area contributed by atoms with Gasteiger partial charge in [-0.2, -0.15) is 0 Å². The molecule has 0 spiro atoms. The van der Waals surface area contributed by atoms with Crippen molar-refractivity contribution >= 4 is 23.5 Å². The van der Waals surface area contributed by atoms with E-state index in [0.717, 1.165) is 11.1 Å². The standard InChI is InChI=1S/C29H36N6O5/c1-29(2,30)28(38)32-23(19-40-18-21-9-5-3-6-10-21)26(36)33-24-17-35(20-31-24)25(22-11-7-4-8-12-22)27(37)34-13-15-39-16-14-34/h3-12,17,20,23,25H,13-16,18-19,30H2,1-2H3,(H,32,38)(H,33,36). The van der Waals surface area contributed by atoms with Crippen LogP contribution in [0.4, 0.5) is 5.82 Å². The summed E-state index contributed by atoms with van der Waals surface area (Å²) in [7, 11) is 0. The molecule has 40 heavy (non-hydrogen) atoms. The molecule has 2 atom stereocenters. The number of anilines is 1. The van der Waals surface area contributed by atoms with Crippen molar-refractivity contribution in [3.8, 4) is 0 Å². The summed E-state index contributed by atoms with van der Waals surface area (Å²) in [5.74, 6) is -0.877. The number of nitrogens with one attached hydrogen (secondary N) is 2. The summed E-state index contributed by atoms with van der Waals surface area (Å²) in [6, 6.07) is 17.2. The molecule has 0 bridgehead atoms. The van der Waals surface area contributed by atoms with Gasteiger partial charge in [0, 0.05) is 19.3 Å². The molecule has 1 saturated heterocycles. The quantitative estimate of drug-likeness (QED) is 0.331. The fourth-order valence-corrected chi connectivity index (χ4v) is 4.19. The van der Waals surface area contributed by atoms with Crippen molar-refractivity contribution in [2.24, 2.45) is 5.73 Å². The average Bonchev–Trinajstić information content (AvgIpc) is 3.41. The first kappa shape index (κ1) is 28.9. The Labute approximate surface area is 233 Å². The van der Waals surface area contributed by atoms with Crippen LogP contribution in [0.15, 0.2) is 73.2 Å². The molecular weight excluding hydrogens is 512 g/mol. The predicted octanol–water partition coefficient (Wildman–Crippen LogP) is 1.71. The van der Waals surface area contributed by atoms with Crippen molar-refractivity contribution in [3.05, 3.63) is 84.3 Å². The number of ether oxygens (including phenoxy) is 2. The summed E-state index contributed by atoms with van der Waals surface area (Å²) in [6.45, 7) is 5.27. The highest BCUT2D eigenvalue weighted by molar-refractivity contribution is 5.98. The maximum absolute atomic E-state index is 13.5. The summed E-state index contributed by atoms with van der Waals surface area (Å²) in [5, 5.41) is 5.41. The van der Waals surface area contributed by atoms with Crippen LogP contribution in [0.2, 0.25) is 0 Å². The van der Waals surface area contributed by atoms with Crippen molar-refractivity contribution in [2.75, 3.05) is 38.2 Å². The van der Waals surface area contributed by atoms with Gasteiger partial charge in [0.25, 0.3) is 5.91 Å². The molecule has 2 heterocycles. The molecule has 3 aromatic rings. The van der Waals surface area contributed by atoms with Crippen LogP contribution in [0.1, 0.15) is 31.0 Å². The van der Waals surface area contributed by atoms with Crippen molar-refractivity contribution in [1.82, 2.24) is 19.8 Å². The third-order valence-electron chi connectivity index (χ3n) is 6.43. The third-order valence-corrected chi connectivity index (χ3v) is 6.43. The lowest BCUT2D eigenvalue weighted by Gasteiger charge is -2.31. The maximum atomic E-state index is 13.5. The molecule has 1 fully saturated rings. The maximum Gasteiger partial charge on any atom is 0.250 e. The lowest BCUT2D eigenvalue weighted by molar-refractivity contribution is -0.137. The highest BCUT2D eigenvalue weighted by atomic mass is 16.5. The van der Waals surface area contributed by atoms with Gasteiger partial charge in [-0.1, -0.05) is 60.7 Å². The van der Waals surface area contributed by atoms with Gasteiger partial charge in [0.05, 0.1) is 38.3 Å². The van der Waals surface area contributed by atoms with Crippen LogP contribution in [-0.4, -0.2) is 76.7 Å². The monoisotopic (exact) mass is 548 g/mol. The zero-order valence-electron chi connectivity index (χ0n) is 22.8. The number of rotatable bonds is 11. The summed E-state index contributed by atoms with van der Waals surface area (Å²) < 4.78 is 12.8. The van der Waals surface area contributed by atoms with E-state index in [1.165, 1.54) is 6.33 Å². The number of imidazole rings is 1. The molecule has 2 unspecified atom stereocenters. The van der Waals surface area contributed by atoms with Crippen molar-refractivity contribution in [1.29, 1.82) is 0 Å². The van der Waals surface area contributed by atoms with Crippen LogP contribution < -0.4 is 16.4 Å². The minimum atomic E-state index is -1.19. The number of benzene rings is 2. The van der Waals surface area contributed by atoms with Crippen LogP contribution in [-0.2, 0) is 30.5 Å². The minimum absolute atomic E-state index is 0.0780. The predicted molar refractivity (Wildman–Crippen MR) is 149 cm³/mol. The van der Waals surface area contributed by atoms with Gasteiger partial charge in [-0.25, -0.2) is 4.98 Å². The Morgan fingerprint density at radius 3 is 2.35 bits per heavy atom. The Balaban J connectivity index is 1.49. The van der Waals surface area contributed by atoms with Gasteiger partial charge in [0.1, 0.15) is 12.1 Å². The summed E-state index contributed by atoms with van der Waals surface area (Å²) in [4.78, 5) is 45.5. The van der Waals surface area contributed by atoms with E-state index < -0.39 is 29.4 Å². The zero-order chi connectivity index (χ0) is 28.5. The zero-order valence-corrected chi connectivity index (χ0v) is 22.8. The second kappa shape index (κ2) is 13.3. The van der Waals surface area contributed by atoms with E-state index in [1.54, 1.807) is 29.5 Å². The van der Waals surface area contributed by atoms with Gasteiger partial charge in [-0.3, -0.25) is 14.4 Å². The first-order valence-corrected chi connectivity index (χ1v) is 13.2. The number of hydrogen-bond acceptors (Lipinski definition) is 7. The second-order valence-electron chi connectivity index (χ2n) is 10.2. The molecule has 1 aromatic heterocycles. The lowest BCUT2D eigenvalue weighted by Crippen LogP contribution is -2.56. The van der Waals surface area contributed by atoms with Crippen LogP contribution in [0.25, 0.3) is 0 Å². The van der Waals surface area contributed by atoms with Crippen LogP contribution in [0.3, 0.4) is 0 Å². The van der Waals surface area contributed by atoms with Gasteiger partial charge in [0.15, 0.2) is 5.82 Å². The van der Waals surface area contributed by atoms with E-state index in [9.17, 15) is 14.4 Å².